The maximum Gasteiger partial charge on any atom is 0.252 e. The standard InChI is InChI=1S/C52H60F2N8O8/c1-7-37(55)47(65)57-39(49(67)61-29-51(3,4)43-41(61)25-33(45(63)59-43)23-31-13-17-35(53)18-14-31)27-69-21-11-9-10-12-22-70-28-40(58-48(66)38(56)8-2)50(68)62-30-52(5,6)44-42(62)26-34(46(64)60-44)24-32-15-19-36(54)20-16-32/h13-20,25-26,37-40H,7-8,21-24,27-30,55-56H2,1-6H3,(H,57,65)(H,58,66)(H,59,63)(H,60,64)/t37-,38-,39-,40-/m0/s1. The number of carbonyl (C=O) groups excluding carboxylic acids is 4. The van der Waals surface area contributed by atoms with Gasteiger partial charge in [0.15, 0.2) is 0 Å². The zero-order valence-electron chi connectivity index (χ0n) is 40.2. The summed E-state index contributed by atoms with van der Waals surface area (Å²) in [4.78, 5) is 89.8. The van der Waals surface area contributed by atoms with Crippen molar-refractivity contribution in [3.05, 3.63) is 127 Å². The zero-order chi connectivity index (χ0) is 50.9. The summed E-state index contributed by atoms with van der Waals surface area (Å²) in [5.74, 6) is 7.91. The Kier molecular flexibility index (Phi) is 17.0. The number of H-pyrrole nitrogens is 2. The predicted octanol–water partition coefficient (Wildman–Crippen LogP) is 2.96. The molecule has 2 aromatic carbocycles. The summed E-state index contributed by atoms with van der Waals surface area (Å²) in [6, 6.07) is 10.8. The monoisotopic (exact) mass is 962 g/mol. The smallest absolute Gasteiger partial charge is 0.252 e. The van der Waals surface area contributed by atoms with Gasteiger partial charge in [-0.1, -0.05) is 77.6 Å². The Morgan fingerprint density at radius 3 is 1.36 bits per heavy atom. The average molecular weight is 963 g/mol. The molecule has 4 heterocycles. The van der Waals surface area contributed by atoms with Crippen molar-refractivity contribution in [3.63, 3.8) is 0 Å². The molecule has 16 nitrogen and oxygen atoms in total. The third kappa shape index (κ3) is 12.6. The minimum absolute atomic E-state index is 0.170. The highest BCUT2D eigenvalue weighted by molar-refractivity contribution is 6.02. The molecule has 18 heteroatoms. The highest BCUT2D eigenvalue weighted by Crippen LogP contribution is 2.40. The van der Waals surface area contributed by atoms with Crippen LogP contribution in [-0.2, 0) is 52.3 Å². The number of hydrogen-bond acceptors (Lipinski definition) is 10. The fourth-order valence-electron chi connectivity index (χ4n) is 8.27. The summed E-state index contributed by atoms with van der Waals surface area (Å²) in [6.45, 7) is 10.6. The fraction of sp³-hybridized carbons (Fsp3) is 0.423. The molecular weight excluding hydrogens is 903 g/mol. The van der Waals surface area contributed by atoms with E-state index in [2.05, 4.69) is 44.3 Å². The predicted molar refractivity (Wildman–Crippen MR) is 261 cm³/mol. The molecule has 4 aromatic rings. The Hall–Kier alpha value is -6.96. The first-order valence-electron chi connectivity index (χ1n) is 23.1. The number of pyridine rings is 2. The number of nitrogens with two attached hydrogens (primary N) is 2. The van der Waals surface area contributed by atoms with E-state index in [4.69, 9.17) is 20.9 Å². The van der Waals surface area contributed by atoms with E-state index >= 15 is 0 Å². The first-order chi connectivity index (χ1) is 33.2. The van der Waals surface area contributed by atoms with E-state index in [1.54, 1.807) is 50.2 Å². The van der Waals surface area contributed by atoms with Gasteiger partial charge >= 0.3 is 0 Å². The second-order valence-electron chi connectivity index (χ2n) is 18.8. The van der Waals surface area contributed by atoms with Crippen LogP contribution < -0.4 is 43.0 Å². The first-order valence-corrected chi connectivity index (χ1v) is 23.1. The normalized spacial score (nSPS) is 15.8. The topological polar surface area (TPSA) is 235 Å². The van der Waals surface area contributed by atoms with Gasteiger partial charge in [0, 0.05) is 59.3 Å². The van der Waals surface area contributed by atoms with Crippen LogP contribution >= 0.6 is 0 Å². The molecule has 0 fully saturated rings. The molecule has 4 amide bonds. The molecule has 0 spiro atoms. The van der Waals surface area contributed by atoms with Crippen molar-refractivity contribution in [1.82, 2.24) is 20.6 Å². The minimum Gasteiger partial charge on any atom is -0.366 e. The zero-order valence-corrected chi connectivity index (χ0v) is 40.2. The van der Waals surface area contributed by atoms with Gasteiger partial charge in [-0.15, -0.1) is 0 Å². The average Bonchev–Trinajstić information content (AvgIpc) is 3.74. The molecule has 2 aliphatic heterocycles. The van der Waals surface area contributed by atoms with Crippen LogP contribution in [0.4, 0.5) is 20.2 Å². The van der Waals surface area contributed by atoms with E-state index in [0.29, 0.717) is 57.9 Å². The van der Waals surface area contributed by atoms with E-state index in [-0.39, 0.29) is 63.5 Å². The number of rotatable bonds is 18. The summed E-state index contributed by atoms with van der Waals surface area (Å²) in [5.41, 5.74) is 14.3. The van der Waals surface area contributed by atoms with Crippen LogP contribution in [0.25, 0.3) is 0 Å². The molecule has 0 unspecified atom stereocenters. The molecule has 0 aliphatic carbocycles. The van der Waals surface area contributed by atoms with Crippen LogP contribution in [0.2, 0.25) is 0 Å². The Morgan fingerprint density at radius 1 is 0.657 bits per heavy atom. The molecule has 6 rings (SSSR count). The number of aromatic nitrogens is 2. The third-order valence-corrected chi connectivity index (χ3v) is 12.3. The Morgan fingerprint density at radius 2 is 1.01 bits per heavy atom. The van der Waals surface area contributed by atoms with Gasteiger partial charge in [-0.3, -0.25) is 28.8 Å². The molecular formula is C52H60F2N8O8. The first kappa shape index (κ1) is 52.4. The van der Waals surface area contributed by atoms with E-state index in [9.17, 15) is 37.5 Å². The Labute approximate surface area is 405 Å². The molecule has 4 atom stereocenters. The lowest BCUT2D eigenvalue weighted by molar-refractivity contribution is -0.129. The van der Waals surface area contributed by atoms with Crippen molar-refractivity contribution in [2.75, 3.05) is 49.3 Å². The van der Waals surface area contributed by atoms with E-state index < -0.39 is 70.3 Å². The Bertz CT molecular complexity index is 2650. The fourth-order valence-corrected chi connectivity index (χ4v) is 8.27. The van der Waals surface area contributed by atoms with Crippen LogP contribution in [-0.4, -0.2) is 97.3 Å². The largest absolute Gasteiger partial charge is 0.366 e. The lowest BCUT2D eigenvalue weighted by atomic mass is 9.91. The molecule has 0 saturated heterocycles. The molecule has 370 valence electrons. The number of halogens is 2. The molecule has 0 radical (unpaired) electrons. The Balaban J connectivity index is 1.09. The van der Waals surface area contributed by atoms with Gasteiger partial charge in [0.1, 0.15) is 36.9 Å². The van der Waals surface area contributed by atoms with Crippen molar-refractivity contribution >= 4 is 35.0 Å². The molecule has 0 saturated carbocycles. The van der Waals surface area contributed by atoms with Gasteiger partial charge in [-0.25, -0.2) is 8.78 Å². The van der Waals surface area contributed by atoms with E-state index in [1.807, 2.05) is 27.7 Å². The second-order valence-corrected chi connectivity index (χ2v) is 18.8. The summed E-state index contributed by atoms with van der Waals surface area (Å²) < 4.78 is 38.7. The summed E-state index contributed by atoms with van der Waals surface area (Å²) >= 11 is 0. The number of anilines is 2. The van der Waals surface area contributed by atoms with Crippen molar-refractivity contribution in [3.8, 4) is 23.7 Å². The number of nitrogens with zero attached hydrogens (tertiary/aromatic N) is 2. The number of hydrogen-bond donors (Lipinski definition) is 6. The number of fused-ring (bicyclic) bond motifs is 2. The maximum atomic E-state index is 14.3. The molecule has 2 aliphatic rings. The summed E-state index contributed by atoms with van der Waals surface area (Å²) in [6.07, 6.45) is 1.04. The minimum atomic E-state index is -1.17. The number of aromatic amines is 2. The van der Waals surface area contributed by atoms with Gasteiger partial charge in [-0.05, 0) is 72.2 Å². The van der Waals surface area contributed by atoms with Gasteiger partial charge < -0.3 is 51.3 Å². The van der Waals surface area contributed by atoms with Crippen LogP contribution in [0.3, 0.4) is 0 Å². The van der Waals surface area contributed by atoms with Crippen LogP contribution in [0, 0.1) is 35.3 Å². The SMILES string of the molecule is CC[C@H](N)C(=O)N[C@@H](COCC#CC#CCOC[C@H](NC(=O)[C@@H](N)CC)C(=O)N1CC(C)(C)c2[nH]c(=O)c(Cc3ccc(F)cc3)cc21)C(=O)N1CC(C)(C)c2[nH]c(=O)c(Cc3ccc(F)cc3)cc21. The van der Waals surface area contributed by atoms with E-state index in [1.165, 1.54) is 34.1 Å². The van der Waals surface area contributed by atoms with Crippen molar-refractivity contribution in [1.29, 1.82) is 0 Å². The molecule has 8 N–H and O–H groups in total. The number of carbonyl (C=O) groups is 4. The lowest BCUT2D eigenvalue weighted by Crippen LogP contribution is -2.54. The van der Waals surface area contributed by atoms with E-state index in [0.717, 1.165) is 0 Å². The van der Waals surface area contributed by atoms with Gasteiger partial charge in [0.2, 0.25) is 11.8 Å². The highest BCUT2D eigenvalue weighted by Gasteiger charge is 2.43. The highest BCUT2D eigenvalue weighted by atomic mass is 19.1. The number of benzene rings is 2. The van der Waals surface area contributed by atoms with Crippen LogP contribution in [0.1, 0.15) is 88.0 Å². The second kappa shape index (κ2) is 22.6. The molecule has 0 bridgehead atoms. The maximum absolute atomic E-state index is 14.3. The van der Waals surface area contributed by atoms with Crippen molar-refractivity contribution in [2.24, 2.45) is 11.5 Å². The molecule has 70 heavy (non-hydrogen) atoms. The van der Waals surface area contributed by atoms with Crippen molar-refractivity contribution in [2.45, 2.75) is 102 Å². The number of amides is 4. The van der Waals surface area contributed by atoms with Gasteiger partial charge in [0.05, 0.1) is 36.7 Å². The van der Waals surface area contributed by atoms with Crippen LogP contribution in [0.5, 0.6) is 0 Å². The number of ether oxygens (including phenoxy) is 2. The molecule has 2 aromatic heterocycles. The van der Waals surface area contributed by atoms with Gasteiger partial charge in [0.25, 0.3) is 22.9 Å². The van der Waals surface area contributed by atoms with Crippen molar-refractivity contribution < 1.29 is 37.4 Å². The third-order valence-electron chi connectivity index (χ3n) is 12.3. The summed E-state index contributed by atoms with van der Waals surface area (Å²) in [7, 11) is 0. The lowest BCUT2D eigenvalue weighted by Gasteiger charge is -2.26. The van der Waals surface area contributed by atoms with Crippen LogP contribution in [0.15, 0.2) is 70.3 Å². The quantitative estimate of drug-likeness (QED) is 0.0631. The number of nitrogens with one attached hydrogen (secondary N) is 4. The summed E-state index contributed by atoms with van der Waals surface area (Å²) in [5, 5.41) is 5.43. The van der Waals surface area contributed by atoms with Gasteiger partial charge in [-0.2, -0.15) is 0 Å².